The first kappa shape index (κ1) is 30.5. The summed E-state index contributed by atoms with van der Waals surface area (Å²) in [5.41, 5.74) is 5.02. The van der Waals surface area contributed by atoms with E-state index in [1.807, 2.05) is 6.92 Å². The lowest BCUT2D eigenvalue weighted by Crippen LogP contribution is -2.65. The van der Waals surface area contributed by atoms with Crippen molar-refractivity contribution in [3.8, 4) is 0 Å². The Morgan fingerprint density at radius 3 is 2.07 bits per heavy atom. The average molecular weight is 597 g/mol. The van der Waals surface area contributed by atoms with Gasteiger partial charge in [-0.3, -0.25) is 9.59 Å². The Balaban J connectivity index is 1.22. The van der Waals surface area contributed by atoms with Crippen LogP contribution >= 0.6 is 0 Å². The molecule has 0 aromatic heterocycles. The number of carboxylic acids is 1. The number of benzene rings is 1. The number of hydrogen-bond donors (Lipinski definition) is 1. The van der Waals surface area contributed by atoms with Gasteiger partial charge in [0.15, 0.2) is 0 Å². The Kier molecular flexibility index (Phi) is 6.55. The van der Waals surface area contributed by atoms with Gasteiger partial charge in [0.1, 0.15) is 5.78 Å². The minimum Gasteiger partial charge on any atom is -0.481 e. The van der Waals surface area contributed by atoms with Crippen LogP contribution in [-0.4, -0.2) is 16.9 Å². The van der Waals surface area contributed by atoms with Crippen molar-refractivity contribution in [2.75, 3.05) is 0 Å². The number of hydrogen-bond acceptors (Lipinski definition) is 2. The molecule has 7 rings (SSSR count). The molecule has 5 saturated carbocycles. The van der Waals surface area contributed by atoms with Crippen LogP contribution in [0.15, 0.2) is 42.5 Å². The molecular weight excluding hydrogens is 540 g/mol. The van der Waals surface area contributed by atoms with Crippen LogP contribution in [-0.2, 0) is 15.0 Å². The van der Waals surface area contributed by atoms with Crippen LogP contribution < -0.4 is 0 Å². The zero-order chi connectivity index (χ0) is 31.7. The van der Waals surface area contributed by atoms with Crippen LogP contribution in [0.25, 0.3) is 5.57 Å². The number of allylic oxidation sites excluding steroid dienone is 3. The van der Waals surface area contributed by atoms with E-state index in [0.29, 0.717) is 35.4 Å². The molecule has 0 aliphatic heterocycles. The van der Waals surface area contributed by atoms with Crippen molar-refractivity contribution in [2.45, 2.75) is 125 Å². The summed E-state index contributed by atoms with van der Waals surface area (Å²) < 4.78 is 0. The lowest BCUT2D eigenvalue weighted by atomic mass is 9.32. The third kappa shape index (κ3) is 3.68. The summed E-state index contributed by atoms with van der Waals surface area (Å²) in [5, 5.41) is 9.81. The van der Waals surface area contributed by atoms with Gasteiger partial charge in [-0.25, -0.2) is 0 Å². The molecule has 9 atom stereocenters. The number of carboxylic acid groups (broad SMARTS) is 1. The predicted octanol–water partition coefficient (Wildman–Crippen LogP) is 10.0. The lowest BCUT2D eigenvalue weighted by molar-refractivity contribution is -0.224. The number of rotatable bonds is 5. The summed E-state index contributed by atoms with van der Waals surface area (Å²) in [4.78, 5) is 25.3. The maximum Gasteiger partial charge on any atom is 0.314 e. The maximum absolute atomic E-state index is 13.4. The first-order valence-corrected chi connectivity index (χ1v) is 17.8. The molecule has 0 unspecified atom stereocenters. The van der Waals surface area contributed by atoms with Gasteiger partial charge in [-0.05, 0) is 152 Å². The second kappa shape index (κ2) is 9.45. The fraction of sp³-hybridized carbons (Fsp3) is 0.707. The van der Waals surface area contributed by atoms with Gasteiger partial charge in [-0.1, -0.05) is 77.1 Å². The van der Waals surface area contributed by atoms with Crippen molar-refractivity contribution in [2.24, 2.45) is 56.7 Å². The largest absolute Gasteiger partial charge is 0.481 e. The summed E-state index contributed by atoms with van der Waals surface area (Å²) in [6.07, 6.45) is 14.7. The zero-order valence-electron chi connectivity index (χ0n) is 28.5. The first-order chi connectivity index (χ1) is 20.6. The Morgan fingerprint density at radius 1 is 0.795 bits per heavy atom. The van der Waals surface area contributed by atoms with Gasteiger partial charge in [0.25, 0.3) is 0 Å². The Bertz CT molecular complexity index is 1440. The molecule has 0 amide bonds. The smallest absolute Gasteiger partial charge is 0.314 e. The predicted molar refractivity (Wildman–Crippen MR) is 178 cm³/mol. The number of carbonyl (C=O) groups is 2. The summed E-state index contributed by atoms with van der Waals surface area (Å²) in [6, 6.07) is 8.59. The van der Waals surface area contributed by atoms with Gasteiger partial charge in [0, 0.05) is 5.41 Å². The highest BCUT2D eigenvalue weighted by Gasteiger charge is 2.71. The Labute approximate surface area is 266 Å². The van der Waals surface area contributed by atoms with Gasteiger partial charge < -0.3 is 5.11 Å². The minimum atomic E-state index is -0.681. The summed E-state index contributed by atoms with van der Waals surface area (Å²) in [7, 11) is 0. The van der Waals surface area contributed by atoms with Crippen LogP contribution in [0.5, 0.6) is 0 Å². The van der Waals surface area contributed by atoms with Crippen molar-refractivity contribution in [3.05, 3.63) is 53.6 Å². The van der Waals surface area contributed by atoms with Crippen molar-refractivity contribution in [3.63, 3.8) is 0 Å². The minimum absolute atomic E-state index is 0.0461. The quantitative estimate of drug-likeness (QED) is 0.344. The molecule has 1 aromatic carbocycles. The van der Waals surface area contributed by atoms with E-state index in [1.165, 1.54) is 48.8 Å². The van der Waals surface area contributed by atoms with E-state index in [0.717, 1.165) is 44.1 Å². The summed E-state index contributed by atoms with van der Waals surface area (Å²) in [6.45, 7) is 21.6. The molecule has 238 valence electrons. The van der Waals surface area contributed by atoms with E-state index in [-0.39, 0.29) is 27.1 Å². The summed E-state index contributed by atoms with van der Waals surface area (Å²) in [5.74, 6) is 2.61. The third-order valence-corrected chi connectivity index (χ3v) is 16.3. The maximum atomic E-state index is 13.4. The second-order valence-corrected chi connectivity index (χ2v) is 17.9. The molecule has 6 aliphatic rings. The highest BCUT2D eigenvalue weighted by molar-refractivity contribution is 5.85. The molecule has 44 heavy (non-hydrogen) atoms. The normalized spacial score (nSPS) is 44.7. The van der Waals surface area contributed by atoms with E-state index < -0.39 is 11.4 Å². The van der Waals surface area contributed by atoms with Gasteiger partial charge in [0.05, 0.1) is 5.41 Å². The van der Waals surface area contributed by atoms with Gasteiger partial charge in [-0.15, -0.1) is 0 Å². The molecule has 1 aromatic rings. The Hall–Kier alpha value is -2.16. The van der Waals surface area contributed by atoms with Gasteiger partial charge in [0.2, 0.25) is 0 Å². The van der Waals surface area contributed by atoms with Crippen molar-refractivity contribution < 1.29 is 14.7 Å². The average Bonchev–Trinajstić information content (AvgIpc) is 3.67. The molecule has 0 radical (unpaired) electrons. The van der Waals surface area contributed by atoms with Gasteiger partial charge in [-0.2, -0.15) is 0 Å². The number of Topliss-reactive ketones (excluding diaryl/α,β-unsaturated/α-hetero) is 1. The monoisotopic (exact) mass is 596 g/mol. The molecule has 0 spiro atoms. The van der Waals surface area contributed by atoms with Crippen molar-refractivity contribution in [1.29, 1.82) is 0 Å². The SMILES string of the molecule is C=C(C)[C@@H]1CC[C@]2(C(C)=O)CC[C@]3(C)[C@H](CC[C@@H]4[C@@]5(C)CC=C(c6ccc(C7(C(=O)O)CC7)cc6)C(C)(C)[C@@H]5CC[C@]43C)[C@@H]12. The molecule has 0 saturated heterocycles. The fourth-order valence-corrected chi connectivity index (χ4v) is 13.6. The van der Waals surface area contributed by atoms with E-state index in [2.05, 4.69) is 78.5 Å². The van der Waals surface area contributed by atoms with Crippen molar-refractivity contribution >= 4 is 17.3 Å². The topological polar surface area (TPSA) is 54.4 Å². The molecule has 3 heteroatoms. The number of fused-ring (bicyclic) bond motifs is 7. The molecule has 6 aliphatic carbocycles. The first-order valence-electron chi connectivity index (χ1n) is 17.8. The summed E-state index contributed by atoms with van der Waals surface area (Å²) >= 11 is 0. The number of aliphatic carboxylic acids is 1. The Morgan fingerprint density at radius 2 is 1.48 bits per heavy atom. The van der Waals surface area contributed by atoms with E-state index >= 15 is 0 Å². The van der Waals surface area contributed by atoms with E-state index in [1.54, 1.807) is 0 Å². The number of ketones is 1. The molecule has 1 N–H and O–H groups in total. The standard InChI is InChI=1S/C41H56O3/c1-25(2)29-15-20-40(26(3)42)22-21-38(7)31(34(29)40)13-14-33-37(6)18-16-30(36(4,5)32(37)17-19-39(33,38)8)27-9-11-28(12-10-27)41(23-24-41)35(43)44/h9-12,16,29,31-34H,1,13-15,17-24H2,2-8H3,(H,43,44)/t29-,31+,32-,33+,34+,37-,38+,39+,40+/m0/s1. The van der Waals surface area contributed by atoms with Crippen LogP contribution in [0.2, 0.25) is 0 Å². The number of carbonyl (C=O) groups excluding carboxylic acids is 1. The molecule has 5 fully saturated rings. The van der Waals surface area contributed by atoms with Crippen LogP contribution in [0.3, 0.4) is 0 Å². The third-order valence-electron chi connectivity index (χ3n) is 16.3. The van der Waals surface area contributed by atoms with E-state index in [4.69, 9.17) is 0 Å². The molecule has 0 heterocycles. The molecule has 3 nitrogen and oxygen atoms in total. The van der Waals surface area contributed by atoms with Crippen molar-refractivity contribution in [1.82, 2.24) is 0 Å². The highest BCUT2D eigenvalue weighted by Crippen LogP contribution is 2.77. The lowest BCUT2D eigenvalue weighted by Gasteiger charge is -2.72. The zero-order valence-corrected chi connectivity index (χ0v) is 28.5. The van der Waals surface area contributed by atoms with Crippen LogP contribution in [0.4, 0.5) is 0 Å². The molecule has 0 bridgehead atoms. The van der Waals surface area contributed by atoms with Gasteiger partial charge >= 0.3 is 5.97 Å². The highest BCUT2D eigenvalue weighted by atomic mass is 16.4. The fourth-order valence-electron chi connectivity index (χ4n) is 13.6. The molecular formula is C41H56O3. The van der Waals surface area contributed by atoms with Crippen LogP contribution in [0.1, 0.15) is 130 Å². The second-order valence-electron chi connectivity index (χ2n) is 17.9. The van der Waals surface area contributed by atoms with E-state index in [9.17, 15) is 14.7 Å². The van der Waals surface area contributed by atoms with Crippen LogP contribution in [0, 0.1) is 56.7 Å².